The first kappa shape index (κ1) is 20.0. The topological polar surface area (TPSA) is 43.8 Å². The number of hydrogen-bond acceptors (Lipinski definition) is 3. The average molecular weight is 387 g/mol. The van der Waals surface area contributed by atoms with E-state index in [4.69, 9.17) is 4.99 Å². The molecule has 150 valence electrons. The minimum atomic E-state index is -0.821. The van der Waals surface area contributed by atoms with Gasteiger partial charge < -0.3 is 15.1 Å². The first-order valence-electron chi connectivity index (χ1n) is 9.72. The number of guanidine groups is 1. The third kappa shape index (κ3) is 4.97. The van der Waals surface area contributed by atoms with Gasteiger partial charge in [0.1, 0.15) is 5.82 Å². The number of benzene rings is 1. The minimum absolute atomic E-state index is 0.00133. The van der Waals surface area contributed by atoms with Crippen molar-refractivity contribution in [1.29, 1.82) is 0 Å². The maximum atomic E-state index is 13.5. The Balaban J connectivity index is 1.62. The Bertz CT molecular complexity index is 789. The van der Waals surface area contributed by atoms with Crippen LogP contribution in [-0.2, 0) is 0 Å². The normalized spacial score (nSPS) is 16.2. The van der Waals surface area contributed by atoms with Gasteiger partial charge in [0, 0.05) is 51.4 Å². The molecule has 1 aliphatic heterocycles. The Labute approximate surface area is 165 Å². The Morgan fingerprint density at radius 1 is 1.14 bits per heavy atom. The predicted octanol–water partition coefficient (Wildman–Crippen LogP) is 3.25. The van der Waals surface area contributed by atoms with Crippen molar-refractivity contribution in [2.75, 3.05) is 44.2 Å². The molecular weight excluding hydrogens is 360 g/mol. The van der Waals surface area contributed by atoms with E-state index >= 15 is 0 Å². The molecule has 1 atom stereocenters. The smallest absolute Gasteiger partial charge is 0.194 e. The van der Waals surface area contributed by atoms with E-state index in [2.05, 4.69) is 20.1 Å². The largest absolute Gasteiger partial charge is 0.357 e. The molecule has 5 nitrogen and oxygen atoms in total. The van der Waals surface area contributed by atoms with Crippen LogP contribution in [0.15, 0.2) is 47.6 Å². The number of piperazine rings is 1. The molecule has 1 unspecified atom stereocenters. The van der Waals surface area contributed by atoms with Gasteiger partial charge in [0.15, 0.2) is 17.6 Å². The molecule has 0 aliphatic carbocycles. The molecule has 3 rings (SSSR count). The van der Waals surface area contributed by atoms with Gasteiger partial charge >= 0.3 is 0 Å². The number of hydrogen-bond donors (Lipinski definition) is 1. The van der Waals surface area contributed by atoms with Crippen LogP contribution in [0.4, 0.5) is 14.6 Å². The Hall–Kier alpha value is -2.70. The molecule has 28 heavy (non-hydrogen) atoms. The number of nitrogens with one attached hydrogen (secondary N) is 1. The van der Waals surface area contributed by atoms with Crippen molar-refractivity contribution in [3.63, 3.8) is 0 Å². The van der Waals surface area contributed by atoms with Crippen LogP contribution in [0, 0.1) is 11.6 Å². The molecule has 2 heterocycles. The van der Waals surface area contributed by atoms with Crippen LogP contribution in [0.1, 0.15) is 25.3 Å². The molecule has 0 saturated carbocycles. The van der Waals surface area contributed by atoms with E-state index in [0.717, 1.165) is 50.1 Å². The zero-order valence-electron chi connectivity index (χ0n) is 16.4. The maximum absolute atomic E-state index is 13.5. The van der Waals surface area contributed by atoms with Crippen LogP contribution in [0.25, 0.3) is 0 Å². The molecule has 1 N–H and O–H groups in total. The molecule has 0 radical (unpaired) electrons. The standard InChI is InChI=1S/C21H27F2N5/c1-3-24-21(26-15-16(2)17-7-8-18(22)19(23)14-17)28-12-10-27(11-13-28)20-6-4-5-9-25-20/h4-9,14,16H,3,10-13,15H2,1-2H3,(H,24,26). The second kappa shape index (κ2) is 9.48. The molecule has 1 fully saturated rings. The number of aliphatic imine (C=N–C) groups is 1. The van der Waals surface area contributed by atoms with Gasteiger partial charge in [0.05, 0.1) is 0 Å². The van der Waals surface area contributed by atoms with Crippen molar-refractivity contribution in [3.05, 3.63) is 59.8 Å². The lowest BCUT2D eigenvalue weighted by molar-refractivity contribution is 0.371. The Morgan fingerprint density at radius 3 is 2.57 bits per heavy atom. The lowest BCUT2D eigenvalue weighted by Gasteiger charge is -2.37. The predicted molar refractivity (Wildman–Crippen MR) is 109 cm³/mol. The highest BCUT2D eigenvalue weighted by Crippen LogP contribution is 2.19. The van der Waals surface area contributed by atoms with Crippen LogP contribution in [-0.4, -0.2) is 55.1 Å². The van der Waals surface area contributed by atoms with Gasteiger partial charge in [0.2, 0.25) is 0 Å². The van der Waals surface area contributed by atoms with Crippen LogP contribution < -0.4 is 10.2 Å². The molecule has 0 amide bonds. The molecule has 1 aliphatic rings. The van der Waals surface area contributed by atoms with Crippen molar-refractivity contribution in [1.82, 2.24) is 15.2 Å². The van der Waals surface area contributed by atoms with E-state index in [0.29, 0.717) is 6.54 Å². The number of anilines is 1. The number of rotatable bonds is 5. The lowest BCUT2D eigenvalue weighted by Crippen LogP contribution is -2.52. The fourth-order valence-corrected chi connectivity index (χ4v) is 3.26. The van der Waals surface area contributed by atoms with E-state index in [1.807, 2.05) is 38.2 Å². The number of pyridine rings is 1. The Morgan fingerprint density at radius 2 is 1.93 bits per heavy atom. The van der Waals surface area contributed by atoms with Crippen molar-refractivity contribution in [2.45, 2.75) is 19.8 Å². The summed E-state index contributed by atoms with van der Waals surface area (Å²) < 4.78 is 26.6. The van der Waals surface area contributed by atoms with Crippen molar-refractivity contribution < 1.29 is 8.78 Å². The third-order valence-electron chi connectivity index (χ3n) is 4.91. The summed E-state index contributed by atoms with van der Waals surface area (Å²) in [5, 5.41) is 3.34. The van der Waals surface area contributed by atoms with Gasteiger partial charge in [-0.1, -0.05) is 19.1 Å². The first-order valence-corrected chi connectivity index (χ1v) is 9.72. The van der Waals surface area contributed by atoms with Gasteiger partial charge in [-0.2, -0.15) is 0 Å². The van der Waals surface area contributed by atoms with E-state index in [1.54, 1.807) is 6.07 Å². The summed E-state index contributed by atoms with van der Waals surface area (Å²) in [4.78, 5) is 13.7. The Kier molecular flexibility index (Phi) is 6.79. The van der Waals surface area contributed by atoms with Crippen LogP contribution in [0.2, 0.25) is 0 Å². The van der Waals surface area contributed by atoms with Gasteiger partial charge in [-0.3, -0.25) is 4.99 Å². The second-order valence-electron chi connectivity index (χ2n) is 6.93. The van der Waals surface area contributed by atoms with Crippen molar-refractivity contribution >= 4 is 11.8 Å². The number of halogens is 2. The fraction of sp³-hybridized carbons (Fsp3) is 0.429. The summed E-state index contributed by atoms with van der Waals surface area (Å²) in [5.74, 6) is 0.219. The van der Waals surface area contributed by atoms with E-state index in [-0.39, 0.29) is 5.92 Å². The molecule has 7 heteroatoms. The molecule has 1 saturated heterocycles. The summed E-state index contributed by atoms with van der Waals surface area (Å²) in [5.41, 5.74) is 0.749. The van der Waals surface area contributed by atoms with E-state index < -0.39 is 11.6 Å². The van der Waals surface area contributed by atoms with Crippen molar-refractivity contribution in [3.8, 4) is 0 Å². The molecule has 1 aromatic heterocycles. The zero-order chi connectivity index (χ0) is 19.9. The first-order chi connectivity index (χ1) is 13.6. The SMILES string of the molecule is CCNC(=NCC(C)c1ccc(F)c(F)c1)N1CCN(c2ccccn2)CC1. The van der Waals surface area contributed by atoms with E-state index in [1.165, 1.54) is 12.1 Å². The molecule has 0 bridgehead atoms. The summed E-state index contributed by atoms with van der Waals surface area (Å²) >= 11 is 0. The quantitative estimate of drug-likeness (QED) is 0.632. The monoisotopic (exact) mass is 387 g/mol. The van der Waals surface area contributed by atoms with Gasteiger partial charge in [-0.05, 0) is 36.8 Å². The van der Waals surface area contributed by atoms with Gasteiger partial charge in [-0.15, -0.1) is 0 Å². The number of nitrogens with zero attached hydrogens (tertiary/aromatic N) is 4. The van der Waals surface area contributed by atoms with Gasteiger partial charge in [0.25, 0.3) is 0 Å². The second-order valence-corrected chi connectivity index (χ2v) is 6.93. The number of aromatic nitrogens is 1. The fourth-order valence-electron chi connectivity index (χ4n) is 3.26. The average Bonchev–Trinajstić information content (AvgIpc) is 2.73. The third-order valence-corrected chi connectivity index (χ3v) is 4.91. The highest BCUT2D eigenvalue weighted by atomic mass is 19.2. The minimum Gasteiger partial charge on any atom is -0.357 e. The molecule has 0 spiro atoms. The van der Waals surface area contributed by atoms with Gasteiger partial charge in [-0.25, -0.2) is 13.8 Å². The van der Waals surface area contributed by atoms with Crippen LogP contribution in [0.5, 0.6) is 0 Å². The highest BCUT2D eigenvalue weighted by molar-refractivity contribution is 5.80. The summed E-state index contributed by atoms with van der Waals surface area (Å²) in [7, 11) is 0. The lowest BCUT2D eigenvalue weighted by atomic mass is 10.0. The summed E-state index contributed by atoms with van der Waals surface area (Å²) in [6.45, 7) is 8.74. The molecule has 2 aromatic rings. The maximum Gasteiger partial charge on any atom is 0.194 e. The zero-order valence-corrected chi connectivity index (χ0v) is 16.4. The molecule has 1 aromatic carbocycles. The van der Waals surface area contributed by atoms with Crippen molar-refractivity contribution in [2.24, 2.45) is 4.99 Å². The van der Waals surface area contributed by atoms with Crippen LogP contribution in [0.3, 0.4) is 0 Å². The van der Waals surface area contributed by atoms with E-state index in [9.17, 15) is 8.78 Å². The summed E-state index contributed by atoms with van der Waals surface area (Å²) in [6, 6.07) is 10.0. The molecular formula is C21H27F2N5. The van der Waals surface area contributed by atoms with Crippen LogP contribution >= 0.6 is 0 Å². The summed E-state index contributed by atoms with van der Waals surface area (Å²) in [6.07, 6.45) is 1.81. The highest BCUT2D eigenvalue weighted by Gasteiger charge is 2.20.